The van der Waals surface area contributed by atoms with Crippen molar-refractivity contribution in [3.05, 3.63) is 48.0 Å². The van der Waals surface area contributed by atoms with E-state index in [9.17, 15) is 18.1 Å². The molecule has 0 heterocycles. The Morgan fingerprint density at radius 1 is 1.04 bits per heavy atom. The minimum Gasteiger partial charge on any atom is -0.870 e. The molecule has 0 aliphatic carbocycles. The van der Waals surface area contributed by atoms with Gasteiger partial charge in [-0.15, -0.1) is 0 Å². The molecule has 0 amide bonds. The van der Waals surface area contributed by atoms with Crippen molar-refractivity contribution in [3.63, 3.8) is 0 Å². The Morgan fingerprint density at radius 3 is 2.31 bits per heavy atom. The van der Waals surface area contributed by atoms with Crippen LogP contribution in [0.15, 0.2) is 47.4 Å². The topological polar surface area (TPSA) is 86.7 Å². The summed E-state index contributed by atoms with van der Waals surface area (Å²) in [5.41, 5.74) is 0.337. The molecule has 0 saturated heterocycles. The fourth-order valence-electron chi connectivity index (χ4n) is 2.63. The Bertz CT molecular complexity index is 791. The molecule has 0 aromatic heterocycles. The van der Waals surface area contributed by atoms with E-state index in [-0.39, 0.29) is 62.0 Å². The van der Waals surface area contributed by atoms with E-state index in [2.05, 4.69) is 6.92 Å². The van der Waals surface area contributed by atoms with Crippen molar-refractivity contribution in [2.45, 2.75) is 50.3 Å². The zero-order valence-electron chi connectivity index (χ0n) is 15.3. The molecule has 26 heavy (non-hydrogen) atoms. The monoisotopic (exact) mass is 402 g/mol. The molecule has 0 fully saturated rings. The van der Waals surface area contributed by atoms with Crippen molar-refractivity contribution in [2.75, 3.05) is 0 Å². The summed E-state index contributed by atoms with van der Waals surface area (Å²) >= 11 is 0. The molecule has 0 unspecified atom stereocenters. The van der Waals surface area contributed by atoms with Crippen LogP contribution in [0, 0.1) is 0 Å². The maximum atomic E-state index is 12.3. The van der Waals surface area contributed by atoms with Gasteiger partial charge in [0.25, 0.3) is 10.1 Å². The van der Waals surface area contributed by atoms with Gasteiger partial charge < -0.3 is 9.84 Å². The minimum absolute atomic E-state index is 0. The van der Waals surface area contributed by atoms with E-state index in [4.69, 9.17) is 4.74 Å². The van der Waals surface area contributed by atoms with Crippen molar-refractivity contribution in [2.24, 2.45) is 0 Å². The van der Waals surface area contributed by atoms with Gasteiger partial charge in [0, 0.05) is 6.07 Å². The molecule has 0 aliphatic rings. The van der Waals surface area contributed by atoms with Crippen LogP contribution in [-0.2, 0) is 16.5 Å². The summed E-state index contributed by atoms with van der Waals surface area (Å²) in [6.45, 7) is 2.12. The van der Waals surface area contributed by atoms with Gasteiger partial charge in [0.2, 0.25) is 0 Å². The van der Waals surface area contributed by atoms with Gasteiger partial charge in [-0.2, -0.15) is 8.42 Å². The number of unbranched alkanes of at least 4 members (excludes halogenated alkanes) is 4. The van der Waals surface area contributed by atoms with Gasteiger partial charge in [0.1, 0.15) is 16.4 Å². The van der Waals surface area contributed by atoms with Gasteiger partial charge in [-0.3, -0.25) is 4.55 Å². The first kappa shape index (κ1) is 23.6. The molecule has 7 heteroatoms. The fourth-order valence-corrected chi connectivity index (χ4v) is 3.38. The molecule has 136 valence electrons. The summed E-state index contributed by atoms with van der Waals surface area (Å²) in [7, 11) is -4.43. The zero-order chi connectivity index (χ0) is 18.3. The molecule has 2 rings (SSSR count). The third-order valence-corrected chi connectivity index (χ3v) is 4.86. The summed E-state index contributed by atoms with van der Waals surface area (Å²) in [5, 5.41) is 12.3. The van der Waals surface area contributed by atoms with E-state index in [1.54, 1.807) is 30.3 Å². The van der Waals surface area contributed by atoms with Crippen LogP contribution >= 0.6 is 0 Å². The van der Waals surface area contributed by atoms with Crippen LogP contribution in [0.2, 0.25) is 0 Å². The largest absolute Gasteiger partial charge is 1.00 e. The second-order valence-corrected chi connectivity index (χ2v) is 7.35. The van der Waals surface area contributed by atoms with Crippen LogP contribution < -0.4 is 61.2 Å². The summed E-state index contributed by atoms with van der Waals surface area (Å²) < 4.78 is 38.4. The number of aryl methyl sites for hydroxylation is 1. The Labute approximate surface area is 198 Å². The van der Waals surface area contributed by atoms with Gasteiger partial charge in [-0.25, -0.2) is 0 Å². The van der Waals surface area contributed by atoms with Crippen LogP contribution in [0.25, 0.3) is 0 Å². The molecule has 0 bridgehead atoms. The molecule has 0 atom stereocenters. The van der Waals surface area contributed by atoms with E-state index in [1.807, 2.05) is 0 Å². The summed E-state index contributed by atoms with van der Waals surface area (Å²) in [4.78, 5) is -0.256. The zero-order valence-corrected chi connectivity index (χ0v) is 19.2. The molecule has 0 saturated carbocycles. The maximum absolute atomic E-state index is 12.3. The molecular weight excluding hydrogens is 379 g/mol. The second kappa shape index (κ2) is 11.4. The van der Waals surface area contributed by atoms with Crippen LogP contribution in [0.3, 0.4) is 0 Å². The normalized spacial score (nSPS) is 11.0. The number of ether oxygens (including phenoxy) is 1. The SMILES string of the molecule is CCCCCCCc1cc([O-])c(Oc2ccccc2)cc1S(=O)(=O)O.[K+]. The van der Waals surface area contributed by atoms with E-state index in [0.717, 1.165) is 38.2 Å². The van der Waals surface area contributed by atoms with Gasteiger partial charge in [-0.05, 0) is 30.5 Å². The molecular formula is C19H23KO5S. The Morgan fingerprint density at radius 2 is 1.69 bits per heavy atom. The average Bonchev–Trinajstić information content (AvgIpc) is 2.56. The second-order valence-electron chi connectivity index (χ2n) is 5.96. The van der Waals surface area contributed by atoms with Gasteiger partial charge in [0.05, 0.1) is 0 Å². The number of hydrogen-bond donors (Lipinski definition) is 1. The number of hydrogen-bond acceptors (Lipinski definition) is 4. The number of rotatable bonds is 9. The third kappa shape index (κ3) is 7.30. The molecule has 1 N–H and O–H groups in total. The smallest absolute Gasteiger partial charge is 0.870 e. The van der Waals surface area contributed by atoms with Crippen molar-refractivity contribution in [3.8, 4) is 17.2 Å². The molecule has 0 radical (unpaired) electrons. The van der Waals surface area contributed by atoms with E-state index >= 15 is 0 Å². The Hall–Kier alpha value is -0.414. The Balaban J connectivity index is 0.00000338. The predicted octanol–water partition coefficient (Wildman–Crippen LogP) is 1.32. The fraction of sp³-hybridized carbons (Fsp3) is 0.368. The third-order valence-electron chi connectivity index (χ3n) is 3.93. The Kier molecular flexibility index (Phi) is 10.4. The van der Waals surface area contributed by atoms with Gasteiger partial charge >= 0.3 is 51.4 Å². The summed E-state index contributed by atoms with van der Waals surface area (Å²) in [5.74, 6) is -0.0958. The first-order chi connectivity index (χ1) is 11.9. The van der Waals surface area contributed by atoms with E-state index < -0.39 is 15.9 Å². The van der Waals surface area contributed by atoms with Gasteiger partial charge in [-0.1, -0.05) is 62.6 Å². The first-order valence-electron chi connectivity index (χ1n) is 8.46. The summed E-state index contributed by atoms with van der Waals surface area (Å²) in [6.07, 6.45) is 5.46. The van der Waals surface area contributed by atoms with Crippen LogP contribution in [0.4, 0.5) is 0 Å². The maximum Gasteiger partial charge on any atom is 1.00 e. The molecule has 2 aromatic carbocycles. The van der Waals surface area contributed by atoms with Crippen molar-refractivity contribution < 1.29 is 74.2 Å². The predicted molar refractivity (Wildman–Crippen MR) is 94.7 cm³/mol. The van der Waals surface area contributed by atoms with Crippen LogP contribution in [-0.4, -0.2) is 13.0 Å². The first-order valence-corrected chi connectivity index (χ1v) is 9.90. The van der Waals surface area contributed by atoms with Crippen molar-refractivity contribution in [1.29, 1.82) is 0 Å². The quantitative estimate of drug-likeness (QED) is 0.388. The van der Waals surface area contributed by atoms with E-state index in [1.165, 1.54) is 6.07 Å². The average molecular weight is 403 g/mol. The standard InChI is InChI=1S/C19H24O5S.K/c1-2-3-4-5-7-10-15-13-17(20)18(14-19(15)25(21,22)23)24-16-11-8-6-9-12-16;/h6,8-9,11-14,20H,2-5,7,10H2,1H3,(H,21,22,23);/q;+1/p-1. The molecule has 0 spiro atoms. The van der Waals surface area contributed by atoms with Crippen molar-refractivity contribution in [1.82, 2.24) is 0 Å². The summed E-state index contributed by atoms with van der Waals surface area (Å²) in [6, 6.07) is 11.0. The number of benzene rings is 2. The molecule has 5 nitrogen and oxygen atoms in total. The minimum atomic E-state index is -4.43. The molecule has 0 aliphatic heterocycles. The number of para-hydroxylation sites is 1. The van der Waals surface area contributed by atoms with Gasteiger partial charge in [0.15, 0.2) is 0 Å². The van der Waals surface area contributed by atoms with Crippen molar-refractivity contribution >= 4 is 10.1 Å². The van der Waals surface area contributed by atoms with E-state index in [0.29, 0.717) is 17.7 Å². The molecule has 2 aromatic rings. The van der Waals surface area contributed by atoms with Crippen LogP contribution in [0.5, 0.6) is 17.2 Å². The van der Waals surface area contributed by atoms with Crippen LogP contribution in [0.1, 0.15) is 44.6 Å².